The first-order valence-corrected chi connectivity index (χ1v) is 5.23. The van der Waals surface area contributed by atoms with Gasteiger partial charge in [0.2, 0.25) is 11.8 Å². The summed E-state index contributed by atoms with van der Waals surface area (Å²) in [6, 6.07) is 0.660. The highest BCUT2D eigenvalue weighted by Crippen LogP contribution is 2.27. The molecule has 2 heterocycles. The summed E-state index contributed by atoms with van der Waals surface area (Å²) in [4.78, 5) is 24.2. The maximum absolute atomic E-state index is 11.4. The molecular weight excluding hydrogens is 180 g/mol. The summed E-state index contributed by atoms with van der Waals surface area (Å²) in [5.74, 6) is 0.323. The molecule has 2 atom stereocenters. The smallest absolute Gasteiger partial charge is 0.222 e. The predicted molar refractivity (Wildman–Crippen MR) is 51.6 cm³/mol. The number of carbonyl (C=O) groups excluding carboxylic acids is 2. The third-order valence-corrected chi connectivity index (χ3v) is 3.13. The van der Waals surface area contributed by atoms with Crippen LogP contribution in [0.2, 0.25) is 0 Å². The number of hydrogen-bond acceptors (Lipinski definition) is 2. The Morgan fingerprint density at radius 1 is 1.50 bits per heavy atom. The van der Waals surface area contributed by atoms with Gasteiger partial charge in [-0.2, -0.15) is 0 Å². The monoisotopic (exact) mass is 196 g/mol. The van der Waals surface area contributed by atoms with E-state index < -0.39 is 0 Å². The van der Waals surface area contributed by atoms with E-state index in [2.05, 4.69) is 5.32 Å². The van der Waals surface area contributed by atoms with Crippen molar-refractivity contribution in [3.63, 3.8) is 0 Å². The van der Waals surface area contributed by atoms with Gasteiger partial charge in [0.25, 0.3) is 0 Å². The van der Waals surface area contributed by atoms with Crippen LogP contribution in [-0.2, 0) is 9.59 Å². The Balaban J connectivity index is 1.92. The van der Waals surface area contributed by atoms with Crippen LogP contribution in [0.5, 0.6) is 0 Å². The van der Waals surface area contributed by atoms with E-state index in [1.54, 1.807) is 6.92 Å². The van der Waals surface area contributed by atoms with Crippen molar-refractivity contribution < 1.29 is 9.59 Å². The Morgan fingerprint density at radius 3 is 3.00 bits per heavy atom. The third-order valence-electron chi connectivity index (χ3n) is 3.13. The average Bonchev–Trinajstić information content (AvgIpc) is 2.46. The molecule has 0 spiro atoms. The van der Waals surface area contributed by atoms with Crippen molar-refractivity contribution in [2.24, 2.45) is 0 Å². The first kappa shape index (κ1) is 9.49. The molecule has 2 rings (SSSR count). The highest BCUT2D eigenvalue weighted by atomic mass is 16.2. The molecule has 0 unspecified atom stereocenters. The van der Waals surface area contributed by atoms with E-state index in [1.165, 1.54) is 0 Å². The molecule has 2 amide bonds. The average molecular weight is 196 g/mol. The highest BCUT2D eigenvalue weighted by Gasteiger charge is 2.36. The van der Waals surface area contributed by atoms with Gasteiger partial charge in [0, 0.05) is 32.0 Å². The Morgan fingerprint density at radius 2 is 2.29 bits per heavy atom. The van der Waals surface area contributed by atoms with Crippen molar-refractivity contribution in [3.05, 3.63) is 0 Å². The molecular formula is C10H16N2O2. The van der Waals surface area contributed by atoms with Crippen LogP contribution in [0.3, 0.4) is 0 Å². The van der Waals surface area contributed by atoms with E-state index >= 15 is 0 Å². The molecule has 2 aliphatic heterocycles. The fourth-order valence-electron chi connectivity index (χ4n) is 2.51. The van der Waals surface area contributed by atoms with Gasteiger partial charge in [0.15, 0.2) is 0 Å². The second-order valence-corrected chi connectivity index (χ2v) is 4.20. The van der Waals surface area contributed by atoms with Crippen LogP contribution in [0.1, 0.15) is 32.6 Å². The van der Waals surface area contributed by atoms with Crippen molar-refractivity contribution in [1.29, 1.82) is 0 Å². The Labute approximate surface area is 83.6 Å². The number of rotatable bonds is 1. The van der Waals surface area contributed by atoms with Gasteiger partial charge in [0.05, 0.1) is 0 Å². The van der Waals surface area contributed by atoms with Crippen molar-refractivity contribution in [2.75, 3.05) is 6.54 Å². The quantitative estimate of drug-likeness (QED) is 0.654. The number of carbonyl (C=O) groups is 2. The van der Waals surface area contributed by atoms with Gasteiger partial charge < -0.3 is 10.2 Å². The fraction of sp³-hybridized carbons (Fsp3) is 0.800. The highest BCUT2D eigenvalue weighted by molar-refractivity contribution is 5.79. The van der Waals surface area contributed by atoms with Gasteiger partial charge in [-0.25, -0.2) is 0 Å². The molecule has 0 radical (unpaired) electrons. The predicted octanol–water partition coefficient (Wildman–Crippen LogP) is 0.276. The summed E-state index contributed by atoms with van der Waals surface area (Å²) in [5.41, 5.74) is 0. The first-order valence-electron chi connectivity index (χ1n) is 5.23. The van der Waals surface area contributed by atoms with E-state index in [0.717, 1.165) is 25.8 Å². The number of piperidine rings is 1. The number of hydrogen-bond donors (Lipinski definition) is 1. The van der Waals surface area contributed by atoms with Crippen molar-refractivity contribution in [2.45, 2.75) is 44.7 Å². The van der Waals surface area contributed by atoms with Crippen LogP contribution in [0.15, 0.2) is 0 Å². The van der Waals surface area contributed by atoms with Gasteiger partial charge in [-0.3, -0.25) is 9.59 Å². The topological polar surface area (TPSA) is 49.4 Å². The first-order chi connectivity index (χ1) is 6.66. The summed E-state index contributed by atoms with van der Waals surface area (Å²) >= 11 is 0. The van der Waals surface area contributed by atoms with Gasteiger partial charge in [-0.1, -0.05) is 0 Å². The van der Waals surface area contributed by atoms with E-state index in [1.807, 2.05) is 4.90 Å². The zero-order chi connectivity index (χ0) is 10.1. The minimum atomic E-state index is 0.0350. The molecule has 0 aromatic rings. The van der Waals surface area contributed by atoms with Gasteiger partial charge in [-0.05, 0) is 19.3 Å². The molecule has 0 saturated carbocycles. The summed E-state index contributed by atoms with van der Waals surface area (Å²) in [6.07, 6.45) is 3.50. The van der Waals surface area contributed by atoms with E-state index in [0.29, 0.717) is 12.5 Å². The summed E-state index contributed by atoms with van der Waals surface area (Å²) in [7, 11) is 0. The lowest BCUT2D eigenvalue weighted by atomic mass is 9.98. The Hall–Kier alpha value is -1.06. The van der Waals surface area contributed by atoms with E-state index in [4.69, 9.17) is 0 Å². The number of fused-ring (bicyclic) bond motifs is 1. The summed E-state index contributed by atoms with van der Waals surface area (Å²) in [6.45, 7) is 2.36. The van der Waals surface area contributed by atoms with Crippen LogP contribution in [0.25, 0.3) is 0 Å². The molecule has 4 heteroatoms. The molecule has 1 N–H and O–H groups in total. The third kappa shape index (κ3) is 1.74. The maximum Gasteiger partial charge on any atom is 0.222 e. The molecule has 0 bridgehead atoms. The lowest BCUT2D eigenvalue weighted by molar-refractivity contribution is -0.130. The number of amides is 2. The van der Waals surface area contributed by atoms with E-state index in [9.17, 15) is 9.59 Å². The molecule has 2 aliphatic rings. The summed E-state index contributed by atoms with van der Waals surface area (Å²) in [5, 5.41) is 2.93. The molecule has 0 aromatic carbocycles. The Kier molecular flexibility index (Phi) is 2.44. The SMILES string of the molecule is CC(=O)N[C@@H]1CCN2C(=O)CC[C@@H]2C1. The standard InChI is InChI=1S/C10H16N2O2/c1-7(13)11-8-4-5-12-9(6-8)2-3-10(12)14/h8-9H,2-6H2,1H3,(H,11,13)/t8-,9-/m1/s1. The minimum absolute atomic E-state index is 0.0350. The molecule has 2 saturated heterocycles. The molecule has 0 aromatic heterocycles. The lowest BCUT2D eigenvalue weighted by Crippen LogP contribution is -2.48. The van der Waals surface area contributed by atoms with Gasteiger partial charge in [0.1, 0.15) is 0 Å². The summed E-state index contributed by atoms with van der Waals surface area (Å²) < 4.78 is 0. The largest absolute Gasteiger partial charge is 0.353 e. The van der Waals surface area contributed by atoms with Crippen LogP contribution < -0.4 is 5.32 Å². The number of nitrogens with one attached hydrogen (secondary N) is 1. The molecule has 4 nitrogen and oxygen atoms in total. The van der Waals surface area contributed by atoms with Crippen LogP contribution in [0, 0.1) is 0 Å². The normalized spacial score (nSPS) is 31.5. The van der Waals surface area contributed by atoms with E-state index in [-0.39, 0.29) is 17.9 Å². The fourth-order valence-corrected chi connectivity index (χ4v) is 2.51. The van der Waals surface area contributed by atoms with Gasteiger partial charge >= 0.3 is 0 Å². The second kappa shape index (κ2) is 3.59. The van der Waals surface area contributed by atoms with Crippen LogP contribution in [0.4, 0.5) is 0 Å². The minimum Gasteiger partial charge on any atom is -0.353 e. The molecule has 0 aliphatic carbocycles. The number of nitrogens with zero attached hydrogens (tertiary/aromatic N) is 1. The Bertz CT molecular complexity index is 265. The van der Waals surface area contributed by atoms with Crippen molar-refractivity contribution in [3.8, 4) is 0 Å². The van der Waals surface area contributed by atoms with Crippen molar-refractivity contribution in [1.82, 2.24) is 10.2 Å². The zero-order valence-electron chi connectivity index (χ0n) is 8.45. The lowest BCUT2D eigenvalue weighted by Gasteiger charge is -2.35. The van der Waals surface area contributed by atoms with Crippen LogP contribution in [-0.4, -0.2) is 35.3 Å². The molecule has 78 valence electrons. The second-order valence-electron chi connectivity index (χ2n) is 4.20. The zero-order valence-corrected chi connectivity index (χ0v) is 8.45. The van der Waals surface area contributed by atoms with Crippen LogP contribution >= 0.6 is 0 Å². The van der Waals surface area contributed by atoms with Gasteiger partial charge in [-0.15, -0.1) is 0 Å². The van der Waals surface area contributed by atoms with Crippen molar-refractivity contribution >= 4 is 11.8 Å². The maximum atomic E-state index is 11.4. The molecule has 14 heavy (non-hydrogen) atoms. The molecule has 2 fully saturated rings.